The third-order valence-corrected chi connectivity index (χ3v) is 5.96. The molecule has 0 saturated heterocycles. The highest BCUT2D eigenvalue weighted by Crippen LogP contribution is 2.37. The fourth-order valence-corrected chi connectivity index (χ4v) is 4.12. The molecule has 0 saturated carbocycles. The number of amides is 2. The summed E-state index contributed by atoms with van der Waals surface area (Å²) in [6.45, 7) is 5.93. The molecular weight excluding hydrogens is 368 g/mol. The van der Waals surface area contributed by atoms with Crippen molar-refractivity contribution in [2.75, 3.05) is 10.2 Å². The number of hydrogen-bond acceptors (Lipinski definition) is 4. The van der Waals surface area contributed by atoms with E-state index in [0.29, 0.717) is 17.0 Å². The summed E-state index contributed by atoms with van der Waals surface area (Å²) in [5.74, 6) is -0.627. The van der Waals surface area contributed by atoms with Crippen LogP contribution in [0.1, 0.15) is 21.6 Å². The van der Waals surface area contributed by atoms with E-state index < -0.39 is 0 Å². The number of anilines is 2. The van der Waals surface area contributed by atoms with Gasteiger partial charge in [0.15, 0.2) is 0 Å². The first-order valence-electron chi connectivity index (χ1n) is 9.05. The number of rotatable bonds is 4. The van der Waals surface area contributed by atoms with Gasteiger partial charge in [-0.15, -0.1) is 11.3 Å². The van der Waals surface area contributed by atoms with Crippen molar-refractivity contribution in [3.63, 3.8) is 0 Å². The summed E-state index contributed by atoms with van der Waals surface area (Å²) in [5.41, 5.74) is 5.24. The molecule has 0 atom stereocenters. The molecular formula is C23H20N2O2S. The Hall–Kier alpha value is -3.18. The van der Waals surface area contributed by atoms with Gasteiger partial charge in [-0.2, -0.15) is 0 Å². The van der Waals surface area contributed by atoms with E-state index in [0.717, 1.165) is 27.3 Å². The molecule has 28 heavy (non-hydrogen) atoms. The Bertz CT molecular complexity index is 1110. The van der Waals surface area contributed by atoms with Gasteiger partial charge in [0.25, 0.3) is 11.8 Å². The molecule has 0 spiro atoms. The highest BCUT2D eigenvalue weighted by molar-refractivity contribution is 7.11. The van der Waals surface area contributed by atoms with Gasteiger partial charge in [-0.05, 0) is 61.0 Å². The minimum atomic E-state index is -0.330. The van der Waals surface area contributed by atoms with Crippen LogP contribution in [0.25, 0.3) is 5.57 Å². The Labute approximate surface area is 168 Å². The lowest BCUT2D eigenvalue weighted by Gasteiger charge is -2.18. The van der Waals surface area contributed by atoms with Crippen LogP contribution in [0.3, 0.4) is 0 Å². The van der Waals surface area contributed by atoms with Crippen molar-refractivity contribution in [2.24, 2.45) is 0 Å². The van der Waals surface area contributed by atoms with Gasteiger partial charge in [-0.1, -0.05) is 36.4 Å². The number of carbonyl (C=O) groups excluding carboxylic acids is 2. The number of thiophene rings is 1. The van der Waals surface area contributed by atoms with E-state index in [1.807, 2.05) is 74.7 Å². The van der Waals surface area contributed by atoms with Gasteiger partial charge in [0.1, 0.15) is 5.70 Å². The second-order valence-electron chi connectivity index (χ2n) is 6.83. The summed E-state index contributed by atoms with van der Waals surface area (Å²) in [7, 11) is 0. The molecule has 3 aromatic rings. The number of benzene rings is 2. The van der Waals surface area contributed by atoms with Crippen LogP contribution in [0.5, 0.6) is 0 Å². The van der Waals surface area contributed by atoms with Crippen molar-refractivity contribution in [3.05, 3.63) is 87.2 Å². The molecule has 1 aliphatic rings. The molecule has 1 aromatic heterocycles. The van der Waals surface area contributed by atoms with Gasteiger partial charge in [0.05, 0.1) is 11.3 Å². The molecule has 0 bridgehead atoms. The summed E-state index contributed by atoms with van der Waals surface area (Å²) in [6.07, 6.45) is 0. The lowest BCUT2D eigenvalue weighted by molar-refractivity contribution is -0.120. The number of aryl methyl sites for hydroxylation is 2. The number of nitrogens with zero attached hydrogens (tertiary/aromatic N) is 1. The fraction of sp³-hybridized carbons (Fsp3) is 0.130. The van der Waals surface area contributed by atoms with Crippen LogP contribution in [0, 0.1) is 20.8 Å². The summed E-state index contributed by atoms with van der Waals surface area (Å²) in [5, 5.41) is 5.17. The fourth-order valence-electron chi connectivity index (χ4n) is 3.35. The van der Waals surface area contributed by atoms with E-state index in [2.05, 4.69) is 5.32 Å². The first kappa shape index (κ1) is 18.2. The zero-order valence-electron chi connectivity index (χ0n) is 15.9. The molecule has 4 nitrogen and oxygen atoms in total. The molecule has 0 fully saturated rings. The van der Waals surface area contributed by atoms with Crippen molar-refractivity contribution in [1.82, 2.24) is 0 Å². The van der Waals surface area contributed by atoms with Gasteiger partial charge >= 0.3 is 0 Å². The second kappa shape index (κ2) is 7.09. The number of nitrogens with one attached hydrogen (secondary N) is 1. The van der Waals surface area contributed by atoms with Gasteiger partial charge in [0, 0.05) is 10.6 Å². The average molecular weight is 388 g/mol. The van der Waals surface area contributed by atoms with Crippen molar-refractivity contribution in [2.45, 2.75) is 20.8 Å². The third-order valence-electron chi connectivity index (χ3n) is 5.07. The Morgan fingerprint density at radius 3 is 2.29 bits per heavy atom. The molecule has 0 aliphatic carbocycles. The Morgan fingerprint density at radius 1 is 0.821 bits per heavy atom. The van der Waals surface area contributed by atoms with Crippen LogP contribution in [0.2, 0.25) is 0 Å². The molecule has 0 radical (unpaired) electrons. The minimum Gasteiger partial charge on any atom is -0.350 e. The van der Waals surface area contributed by atoms with E-state index in [1.165, 1.54) is 16.2 Å². The van der Waals surface area contributed by atoms with Crippen LogP contribution in [0.4, 0.5) is 11.4 Å². The summed E-state index contributed by atoms with van der Waals surface area (Å²) >= 11 is 1.45. The van der Waals surface area contributed by atoms with Gasteiger partial charge in [0.2, 0.25) is 0 Å². The van der Waals surface area contributed by atoms with Crippen molar-refractivity contribution in [3.8, 4) is 0 Å². The SMILES string of the molecule is Cc1ccccc1N1C(=O)C(Nc2cccc(C)c2C)=C(c2cccs2)C1=O. The van der Waals surface area contributed by atoms with Gasteiger partial charge in [-0.25, -0.2) is 4.90 Å². The minimum absolute atomic E-state index is 0.297. The van der Waals surface area contributed by atoms with E-state index in [1.54, 1.807) is 6.07 Å². The van der Waals surface area contributed by atoms with E-state index in [-0.39, 0.29) is 11.8 Å². The number of para-hydroxylation sites is 1. The van der Waals surface area contributed by atoms with Crippen LogP contribution < -0.4 is 10.2 Å². The standard InChI is InChI=1S/C23H20N2O2S/c1-14-9-6-10-17(16(14)3)24-21-20(19-12-7-13-28-19)22(26)25(23(21)27)18-11-5-4-8-15(18)2/h4-13,24H,1-3H3. The molecule has 5 heteroatoms. The lowest BCUT2D eigenvalue weighted by Crippen LogP contribution is -2.33. The maximum absolute atomic E-state index is 13.4. The molecule has 140 valence electrons. The molecule has 2 heterocycles. The largest absolute Gasteiger partial charge is 0.350 e. The van der Waals surface area contributed by atoms with E-state index in [9.17, 15) is 9.59 Å². The number of carbonyl (C=O) groups is 2. The highest BCUT2D eigenvalue weighted by Gasteiger charge is 2.41. The first-order chi connectivity index (χ1) is 13.5. The van der Waals surface area contributed by atoms with Crippen molar-refractivity contribution >= 4 is 40.1 Å². The average Bonchev–Trinajstić information content (AvgIpc) is 3.27. The van der Waals surface area contributed by atoms with Crippen LogP contribution in [-0.4, -0.2) is 11.8 Å². The summed E-state index contributed by atoms with van der Waals surface area (Å²) in [4.78, 5) is 28.8. The van der Waals surface area contributed by atoms with Crippen molar-refractivity contribution in [1.29, 1.82) is 0 Å². The Balaban J connectivity index is 1.85. The number of hydrogen-bond donors (Lipinski definition) is 1. The molecule has 0 unspecified atom stereocenters. The molecule has 1 N–H and O–H groups in total. The Morgan fingerprint density at radius 2 is 1.57 bits per heavy atom. The van der Waals surface area contributed by atoms with Crippen LogP contribution in [-0.2, 0) is 9.59 Å². The molecule has 2 amide bonds. The number of imide groups is 1. The summed E-state index contributed by atoms with van der Waals surface area (Å²) < 4.78 is 0. The van der Waals surface area contributed by atoms with Crippen LogP contribution in [0.15, 0.2) is 65.7 Å². The maximum Gasteiger partial charge on any atom is 0.282 e. The second-order valence-corrected chi connectivity index (χ2v) is 7.78. The molecule has 4 rings (SSSR count). The van der Waals surface area contributed by atoms with E-state index >= 15 is 0 Å². The van der Waals surface area contributed by atoms with Crippen molar-refractivity contribution < 1.29 is 9.59 Å². The molecule has 1 aliphatic heterocycles. The smallest absolute Gasteiger partial charge is 0.282 e. The predicted octanol–water partition coefficient (Wildman–Crippen LogP) is 5.07. The predicted molar refractivity (Wildman–Crippen MR) is 114 cm³/mol. The topological polar surface area (TPSA) is 49.4 Å². The van der Waals surface area contributed by atoms with Crippen LogP contribution >= 0.6 is 11.3 Å². The van der Waals surface area contributed by atoms with Gasteiger partial charge in [-0.3, -0.25) is 9.59 Å². The monoisotopic (exact) mass is 388 g/mol. The normalized spacial score (nSPS) is 14.2. The molecule has 2 aromatic carbocycles. The Kier molecular flexibility index (Phi) is 4.61. The van der Waals surface area contributed by atoms with E-state index in [4.69, 9.17) is 0 Å². The zero-order valence-corrected chi connectivity index (χ0v) is 16.8. The zero-order chi connectivity index (χ0) is 19.8. The summed E-state index contributed by atoms with van der Waals surface area (Å²) in [6, 6.07) is 17.1. The third kappa shape index (κ3) is 2.94. The highest BCUT2D eigenvalue weighted by atomic mass is 32.1. The lowest BCUT2D eigenvalue weighted by atomic mass is 10.1. The maximum atomic E-state index is 13.4. The quantitative estimate of drug-likeness (QED) is 0.635. The first-order valence-corrected chi connectivity index (χ1v) is 9.93. The van der Waals surface area contributed by atoms with Gasteiger partial charge < -0.3 is 5.32 Å².